The van der Waals surface area contributed by atoms with Crippen molar-refractivity contribution < 1.29 is 19.4 Å². The number of tetrazole rings is 1. The molecule has 1 aromatic heterocycles. The molecule has 0 radical (unpaired) electrons. The van der Waals surface area contributed by atoms with Gasteiger partial charge in [0.15, 0.2) is 11.6 Å². The van der Waals surface area contributed by atoms with Crippen molar-refractivity contribution in [2.45, 2.75) is 24.8 Å². The summed E-state index contributed by atoms with van der Waals surface area (Å²) in [6, 6.07) is 16.7. The largest absolute Gasteiger partial charge is 0.497 e. The number of likely N-dealkylation sites (tertiary alicyclic amines) is 1. The standard InChI is InChI=1S/C22H23N5O4/c1-31-18-9-5-6-16(14-18)19(28)15-27-24-20(23-25-27)22(17-7-3-2-4-8-17)10-12-26(13-11-22)21(29)30/h2-9,14H,10-13,15H2,1H3,(H,29,30). The number of carbonyl (C=O) groups excluding carboxylic acids is 1. The lowest BCUT2D eigenvalue weighted by atomic mass is 9.72. The average Bonchev–Trinajstić information content (AvgIpc) is 3.28. The second kappa shape index (κ2) is 8.55. The molecule has 1 amide bonds. The fourth-order valence-corrected chi connectivity index (χ4v) is 4.00. The molecule has 1 aliphatic heterocycles. The fraction of sp³-hybridized carbons (Fsp3) is 0.318. The second-order valence-corrected chi connectivity index (χ2v) is 7.52. The number of hydrogen-bond acceptors (Lipinski definition) is 6. The molecular formula is C22H23N5O4. The quantitative estimate of drug-likeness (QED) is 0.609. The van der Waals surface area contributed by atoms with Gasteiger partial charge in [0.2, 0.25) is 0 Å². The number of nitrogens with zero attached hydrogens (tertiary/aromatic N) is 5. The molecule has 9 nitrogen and oxygen atoms in total. The topological polar surface area (TPSA) is 110 Å². The first-order valence-electron chi connectivity index (χ1n) is 10.0. The zero-order valence-corrected chi connectivity index (χ0v) is 17.1. The van der Waals surface area contributed by atoms with Crippen LogP contribution in [0.1, 0.15) is 34.6 Å². The highest BCUT2D eigenvalue weighted by atomic mass is 16.5. The summed E-state index contributed by atoms with van der Waals surface area (Å²) in [7, 11) is 1.55. The van der Waals surface area contributed by atoms with E-state index in [-0.39, 0.29) is 12.3 Å². The van der Waals surface area contributed by atoms with Gasteiger partial charge < -0.3 is 14.7 Å². The van der Waals surface area contributed by atoms with Crippen LogP contribution in [0.2, 0.25) is 0 Å². The number of Topliss-reactive ketones (excluding diaryl/α,β-unsaturated/α-hetero) is 1. The zero-order chi connectivity index (χ0) is 21.8. The molecule has 160 valence electrons. The van der Waals surface area contributed by atoms with Gasteiger partial charge in [-0.15, -0.1) is 10.2 Å². The molecule has 1 N–H and O–H groups in total. The lowest BCUT2D eigenvalue weighted by molar-refractivity contribution is 0.0959. The van der Waals surface area contributed by atoms with E-state index in [1.54, 1.807) is 31.4 Å². The van der Waals surface area contributed by atoms with Crippen molar-refractivity contribution in [2.75, 3.05) is 20.2 Å². The van der Waals surface area contributed by atoms with Gasteiger partial charge >= 0.3 is 6.09 Å². The normalized spacial score (nSPS) is 15.5. The van der Waals surface area contributed by atoms with Gasteiger partial charge in [-0.2, -0.15) is 4.80 Å². The predicted octanol–water partition coefficient (Wildman–Crippen LogP) is 2.62. The predicted molar refractivity (Wildman–Crippen MR) is 111 cm³/mol. The van der Waals surface area contributed by atoms with Crippen molar-refractivity contribution in [1.82, 2.24) is 25.1 Å². The molecule has 1 saturated heterocycles. The SMILES string of the molecule is COc1cccc(C(=O)Cn2nnc(C3(c4ccccc4)CCN(C(=O)O)CC3)n2)c1. The van der Waals surface area contributed by atoms with Crippen molar-refractivity contribution in [3.05, 3.63) is 71.5 Å². The third-order valence-corrected chi connectivity index (χ3v) is 5.77. The molecule has 4 rings (SSSR count). The van der Waals surface area contributed by atoms with Crippen LogP contribution in [0.4, 0.5) is 4.79 Å². The van der Waals surface area contributed by atoms with E-state index in [4.69, 9.17) is 4.74 Å². The molecule has 3 aromatic rings. The number of ketones is 1. The van der Waals surface area contributed by atoms with Crippen molar-refractivity contribution in [2.24, 2.45) is 0 Å². The van der Waals surface area contributed by atoms with E-state index in [9.17, 15) is 14.7 Å². The van der Waals surface area contributed by atoms with Crippen LogP contribution in [-0.2, 0) is 12.0 Å². The molecule has 0 spiro atoms. The maximum atomic E-state index is 12.7. The first kappa shape index (κ1) is 20.5. The molecule has 0 saturated carbocycles. The highest BCUT2D eigenvalue weighted by Gasteiger charge is 2.42. The number of ether oxygens (including phenoxy) is 1. The summed E-state index contributed by atoms with van der Waals surface area (Å²) in [6.45, 7) is 0.704. The van der Waals surface area contributed by atoms with Crippen molar-refractivity contribution >= 4 is 11.9 Å². The summed E-state index contributed by atoms with van der Waals surface area (Å²) in [5, 5.41) is 22.3. The number of amides is 1. The molecule has 2 aromatic carbocycles. The van der Waals surface area contributed by atoms with Gasteiger partial charge in [-0.1, -0.05) is 42.5 Å². The Morgan fingerprint density at radius 1 is 1.10 bits per heavy atom. The highest BCUT2D eigenvalue weighted by molar-refractivity contribution is 5.96. The van der Waals surface area contributed by atoms with Gasteiger partial charge in [-0.25, -0.2) is 4.79 Å². The van der Waals surface area contributed by atoms with Gasteiger partial charge in [0.25, 0.3) is 0 Å². The Morgan fingerprint density at radius 3 is 2.52 bits per heavy atom. The first-order valence-corrected chi connectivity index (χ1v) is 10.0. The lowest BCUT2D eigenvalue weighted by Crippen LogP contribution is -2.45. The van der Waals surface area contributed by atoms with Crippen molar-refractivity contribution in [3.8, 4) is 5.75 Å². The molecule has 0 bridgehead atoms. The van der Waals surface area contributed by atoms with E-state index >= 15 is 0 Å². The Balaban J connectivity index is 1.59. The smallest absolute Gasteiger partial charge is 0.407 e. The summed E-state index contributed by atoms with van der Waals surface area (Å²) in [6.07, 6.45) is 0.152. The maximum absolute atomic E-state index is 12.7. The fourth-order valence-electron chi connectivity index (χ4n) is 4.00. The minimum Gasteiger partial charge on any atom is -0.497 e. The van der Waals surface area contributed by atoms with Gasteiger partial charge in [-0.05, 0) is 35.8 Å². The Bertz CT molecular complexity index is 1070. The highest BCUT2D eigenvalue weighted by Crippen LogP contribution is 2.39. The lowest BCUT2D eigenvalue weighted by Gasteiger charge is -2.39. The summed E-state index contributed by atoms with van der Waals surface area (Å²) in [4.78, 5) is 26.8. The molecule has 0 unspecified atom stereocenters. The average molecular weight is 421 g/mol. The van der Waals surface area contributed by atoms with Gasteiger partial charge in [-0.3, -0.25) is 4.79 Å². The monoisotopic (exact) mass is 421 g/mol. The Kier molecular flexibility index (Phi) is 5.66. The van der Waals surface area contributed by atoms with Crippen LogP contribution >= 0.6 is 0 Å². The van der Waals surface area contributed by atoms with Crippen LogP contribution in [0.15, 0.2) is 54.6 Å². The van der Waals surface area contributed by atoms with Crippen molar-refractivity contribution in [3.63, 3.8) is 0 Å². The third-order valence-electron chi connectivity index (χ3n) is 5.77. The van der Waals surface area contributed by atoms with Gasteiger partial charge in [0.05, 0.1) is 12.5 Å². The number of carbonyl (C=O) groups is 2. The summed E-state index contributed by atoms with van der Waals surface area (Å²) >= 11 is 0. The minimum atomic E-state index is -0.929. The molecule has 31 heavy (non-hydrogen) atoms. The van der Waals surface area contributed by atoms with Crippen LogP contribution in [0, 0.1) is 0 Å². The summed E-state index contributed by atoms with van der Waals surface area (Å²) in [5.41, 5.74) is 0.967. The van der Waals surface area contributed by atoms with Gasteiger partial charge in [0.1, 0.15) is 12.3 Å². The van der Waals surface area contributed by atoms with Crippen LogP contribution in [-0.4, -0.2) is 62.3 Å². The number of benzene rings is 2. The summed E-state index contributed by atoms with van der Waals surface area (Å²) < 4.78 is 5.18. The number of piperidine rings is 1. The Morgan fingerprint density at radius 2 is 1.84 bits per heavy atom. The van der Waals surface area contributed by atoms with E-state index in [0.29, 0.717) is 43.1 Å². The number of methoxy groups -OCH3 is 1. The number of aromatic nitrogens is 4. The third kappa shape index (κ3) is 4.11. The Labute approximate surface area is 179 Å². The minimum absolute atomic E-state index is 0.0493. The van der Waals surface area contributed by atoms with Crippen LogP contribution < -0.4 is 4.74 Å². The number of hydrogen-bond donors (Lipinski definition) is 1. The molecule has 1 fully saturated rings. The molecule has 0 atom stereocenters. The van der Waals surface area contributed by atoms with Gasteiger partial charge in [0, 0.05) is 18.7 Å². The molecular weight excluding hydrogens is 398 g/mol. The molecule has 9 heteroatoms. The van der Waals surface area contributed by atoms with Crippen LogP contribution in [0.25, 0.3) is 0 Å². The maximum Gasteiger partial charge on any atom is 0.407 e. The van der Waals surface area contributed by atoms with Crippen LogP contribution in [0.3, 0.4) is 0 Å². The van der Waals surface area contributed by atoms with Crippen LogP contribution in [0.5, 0.6) is 5.75 Å². The Hall–Kier alpha value is -3.75. The molecule has 0 aliphatic carbocycles. The number of rotatable bonds is 6. The van der Waals surface area contributed by atoms with E-state index in [2.05, 4.69) is 15.4 Å². The summed E-state index contributed by atoms with van der Waals surface area (Å²) in [5.74, 6) is 0.950. The molecule has 2 heterocycles. The zero-order valence-electron chi connectivity index (χ0n) is 17.1. The van der Waals surface area contributed by atoms with E-state index in [1.165, 1.54) is 9.70 Å². The van der Waals surface area contributed by atoms with E-state index in [1.807, 2.05) is 30.3 Å². The van der Waals surface area contributed by atoms with E-state index in [0.717, 1.165) is 5.56 Å². The van der Waals surface area contributed by atoms with E-state index < -0.39 is 11.5 Å². The number of carboxylic acid groups (broad SMARTS) is 1. The molecule has 1 aliphatic rings. The first-order chi connectivity index (χ1) is 15.0. The van der Waals surface area contributed by atoms with Crippen molar-refractivity contribution in [1.29, 1.82) is 0 Å². The second-order valence-electron chi connectivity index (χ2n) is 7.52.